The van der Waals surface area contributed by atoms with Crippen molar-refractivity contribution in [1.29, 1.82) is 0 Å². The van der Waals surface area contributed by atoms with E-state index < -0.39 is 35.3 Å². The number of hydrogen-bond donors (Lipinski definition) is 3. The Bertz CT molecular complexity index is 1190. The normalized spacial score (nSPS) is 21.8. The van der Waals surface area contributed by atoms with Crippen molar-refractivity contribution in [3.8, 4) is 0 Å². The molecule has 0 spiro atoms. The molecular formula is C21H25N7O8S2. The van der Waals surface area contributed by atoms with E-state index in [4.69, 9.17) is 9.57 Å². The van der Waals surface area contributed by atoms with Crippen LogP contribution in [0.5, 0.6) is 0 Å². The van der Waals surface area contributed by atoms with E-state index in [0.29, 0.717) is 38.2 Å². The molecule has 3 aliphatic heterocycles. The second kappa shape index (κ2) is 11.8. The summed E-state index contributed by atoms with van der Waals surface area (Å²) in [7, 11) is 3.19. The van der Waals surface area contributed by atoms with Gasteiger partial charge in [0.05, 0.1) is 0 Å². The number of nitrogens with zero attached hydrogens (tertiary/aromatic N) is 5. The van der Waals surface area contributed by atoms with E-state index in [0.717, 1.165) is 16.2 Å². The van der Waals surface area contributed by atoms with E-state index in [9.17, 15) is 29.1 Å². The van der Waals surface area contributed by atoms with Crippen molar-refractivity contribution in [2.24, 2.45) is 5.16 Å². The Labute approximate surface area is 224 Å². The molecule has 1 unspecified atom stereocenters. The molecule has 3 aliphatic rings. The van der Waals surface area contributed by atoms with Crippen LogP contribution < -0.4 is 10.6 Å². The first-order chi connectivity index (χ1) is 18.2. The standard InChI is InChI=1S/C21H25N7O8S2/c1-26-3-5-27(6-4-26)21(34)36-7-11-8-37-18-14(17(31)28(18)15(11)19(32)33)24-16(30)13(25-35-2)12-9-38-20(23-12)22-10-29/h9-10,14,18H,3-8H2,1-2H3,(H,24,30)(H,32,33)(H,22,23,29)/t14?,18-/m1/s1. The molecular weight excluding hydrogens is 542 g/mol. The molecule has 4 heterocycles. The van der Waals surface area contributed by atoms with Crippen molar-refractivity contribution < 1.29 is 38.7 Å². The fraction of sp³-hybridized carbons (Fsp3) is 0.476. The van der Waals surface area contributed by atoms with Crippen molar-refractivity contribution in [3.63, 3.8) is 0 Å². The molecule has 204 valence electrons. The zero-order chi connectivity index (χ0) is 27.4. The van der Waals surface area contributed by atoms with Crippen molar-refractivity contribution in [3.05, 3.63) is 22.3 Å². The van der Waals surface area contributed by atoms with Gasteiger partial charge >= 0.3 is 12.1 Å². The molecule has 2 saturated heterocycles. The summed E-state index contributed by atoms with van der Waals surface area (Å²) in [5.41, 5.74) is -0.0709. The lowest BCUT2D eigenvalue weighted by Gasteiger charge is -2.49. The molecule has 3 N–H and O–H groups in total. The highest BCUT2D eigenvalue weighted by molar-refractivity contribution is 8.00. The molecule has 2 fully saturated rings. The third kappa shape index (κ3) is 5.58. The number of amides is 4. The maximum absolute atomic E-state index is 13.0. The molecule has 0 aliphatic carbocycles. The minimum absolute atomic E-state index is 0.120. The van der Waals surface area contributed by atoms with E-state index in [2.05, 4.69) is 25.7 Å². The van der Waals surface area contributed by atoms with Crippen molar-refractivity contribution in [1.82, 2.24) is 25.0 Å². The van der Waals surface area contributed by atoms with Gasteiger partial charge < -0.3 is 35.1 Å². The number of piperazine rings is 1. The topological polar surface area (TPSA) is 183 Å². The summed E-state index contributed by atoms with van der Waals surface area (Å²) in [6.45, 7) is 2.17. The van der Waals surface area contributed by atoms with Crippen molar-refractivity contribution >= 4 is 64.2 Å². The lowest BCUT2D eigenvalue weighted by atomic mass is 10.0. The lowest BCUT2D eigenvalue weighted by Crippen LogP contribution is -2.71. The predicted octanol–water partition coefficient (Wildman–Crippen LogP) is -0.815. The Hall–Kier alpha value is -3.70. The first kappa shape index (κ1) is 27.3. The average Bonchev–Trinajstić information content (AvgIpc) is 3.36. The van der Waals surface area contributed by atoms with Crippen molar-refractivity contribution in [2.45, 2.75) is 11.4 Å². The Morgan fingerprint density at radius 1 is 1.29 bits per heavy atom. The number of carboxylic acid groups (broad SMARTS) is 1. The number of carbonyl (C=O) groups is 5. The number of thiazole rings is 1. The molecule has 38 heavy (non-hydrogen) atoms. The second-order valence-corrected chi connectivity index (χ2v) is 10.3. The van der Waals surface area contributed by atoms with E-state index in [1.54, 1.807) is 4.90 Å². The fourth-order valence-electron chi connectivity index (χ4n) is 4.03. The van der Waals surface area contributed by atoms with E-state index in [1.807, 2.05) is 7.05 Å². The van der Waals surface area contributed by atoms with E-state index >= 15 is 0 Å². The summed E-state index contributed by atoms with van der Waals surface area (Å²) in [5, 5.41) is 19.5. The highest BCUT2D eigenvalue weighted by Gasteiger charge is 2.54. The first-order valence-corrected chi connectivity index (χ1v) is 13.3. The van der Waals surface area contributed by atoms with Crippen LogP contribution in [-0.2, 0) is 28.8 Å². The Morgan fingerprint density at radius 3 is 2.68 bits per heavy atom. The van der Waals surface area contributed by atoms with Gasteiger partial charge in [-0.05, 0) is 7.05 Å². The van der Waals surface area contributed by atoms with Crippen molar-refractivity contribution in [2.75, 3.05) is 58.0 Å². The third-order valence-corrected chi connectivity index (χ3v) is 8.11. The summed E-state index contributed by atoms with van der Waals surface area (Å²) >= 11 is 2.30. The summed E-state index contributed by atoms with van der Waals surface area (Å²) in [5.74, 6) is -2.54. The van der Waals surface area contributed by atoms with Gasteiger partial charge in [0.1, 0.15) is 36.5 Å². The highest BCUT2D eigenvalue weighted by atomic mass is 32.2. The average molecular weight is 568 g/mol. The number of ether oxygens (including phenoxy) is 1. The molecule has 1 aromatic rings. The molecule has 2 atom stereocenters. The molecule has 4 rings (SSSR count). The van der Waals surface area contributed by atoms with Crippen LogP contribution in [0.1, 0.15) is 5.69 Å². The zero-order valence-corrected chi connectivity index (χ0v) is 22.0. The van der Waals surface area contributed by atoms with Crippen LogP contribution in [0.15, 0.2) is 21.8 Å². The largest absolute Gasteiger partial charge is 0.477 e. The summed E-state index contributed by atoms with van der Waals surface area (Å²) < 4.78 is 5.36. The Kier molecular flexibility index (Phi) is 8.48. The minimum Gasteiger partial charge on any atom is -0.477 e. The fourth-order valence-corrected chi connectivity index (χ4v) is 6.01. The Morgan fingerprint density at radius 2 is 2.03 bits per heavy atom. The number of oxime groups is 1. The van der Waals surface area contributed by atoms with Crippen LogP contribution in [0.25, 0.3) is 0 Å². The number of carboxylic acids is 1. The van der Waals surface area contributed by atoms with Crippen LogP contribution >= 0.6 is 23.1 Å². The number of nitrogens with one attached hydrogen (secondary N) is 2. The smallest absolute Gasteiger partial charge is 0.410 e. The second-order valence-electron chi connectivity index (χ2n) is 8.39. The quantitative estimate of drug-likeness (QED) is 0.147. The highest BCUT2D eigenvalue weighted by Crippen LogP contribution is 2.40. The molecule has 0 aromatic carbocycles. The SMILES string of the molecule is CON=C(C(=O)NC1C(=O)N2C(C(=O)O)=C(COC(=O)N3CCN(C)CC3)CS[C@H]12)c1csc(NC=O)n1. The summed E-state index contributed by atoms with van der Waals surface area (Å²) in [4.78, 5) is 74.6. The lowest BCUT2D eigenvalue weighted by molar-refractivity contribution is -0.150. The number of rotatable bonds is 9. The van der Waals surface area contributed by atoms with Gasteiger partial charge in [0.2, 0.25) is 6.41 Å². The van der Waals surface area contributed by atoms with Gasteiger partial charge in [-0.3, -0.25) is 19.3 Å². The number of carbonyl (C=O) groups excluding carboxylic acids is 4. The molecule has 1 aromatic heterocycles. The van der Waals surface area contributed by atoms with Crippen LogP contribution in [0.3, 0.4) is 0 Å². The monoisotopic (exact) mass is 567 g/mol. The van der Waals surface area contributed by atoms with Gasteiger partial charge in [-0.1, -0.05) is 5.16 Å². The molecule has 15 nitrogen and oxygen atoms in total. The van der Waals surface area contributed by atoms with Crippen LogP contribution in [-0.4, -0.2) is 125 Å². The third-order valence-electron chi connectivity index (χ3n) is 5.99. The number of aromatic nitrogens is 1. The summed E-state index contributed by atoms with van der Waals surface area (Å²) in [6.07, 6.45) is -0.103. The minimum atomic E-state index is -1.33. The Balaban J connectivity index is 1.42. The molecule has 17 heteroatoms. The number of fused-ring (bicyclic) bond motifs is 1. The molecule has 0 bridgehead atoms. The maximum Gasteiger partial charge on any atom is 0.410 e. The van der Waals surface area contributed by atoms with Gasteiger partial charge in [0, 0.05) is 42.9 Å². The summed E-state index contributed by atoms with van der Waals surface area (Å²) in [6, 6.07) is -1.02. The molecule has 0 saturated carbocycles. The van der Waals surface area contributed by atoms with Gasteiger partial charge in [-0.2, -0.15) is 0 Å². The molecule has 4 amide bonds. The van der Waals surface area contributed by atoms with Gasteiger partial charge in [-0.15, -0.1) is 23.1 Å². The van der Waals surface area contributed by atoms with Gasteiger partial charge in [0.25, 0.3) is 11.8 Å². The predicted molar refractivity (Wildman–Crippen MR) is 135 cm³/mol. The number of hydrogen-bond acceptors (Lipinski definition) is 12. The van der Waals surface area contributed by atoms with E-state index in [-0.39, 0.29) is 34.6 Å². The van der Waals surface area contributed by atoms with Crippen LogP contribution in [0.2, 0.25) is 0 Å². The van der Waals surface area contributed by atoms with Crippen LogP contribution in [0, 0.1) is 0 Å². The number of aliphatic carboxylic acids is 1. The van der Waals surface area contributed by atoms with Gasteiger partial charge in [-0.25, -0.2) is 14.6 Å². The molecule has 0 radical (unpaired) electrons. The van der Waals surface area contributed by atoms with E-state index in [1.165, 1.54) is 24.3 Å². The first-order valence-electron chi connectivity index (χ1n) is 11.3. The number of anilines is 1. The zero-order valence-electron chi connectivity index (χ0n) is 20.4. The number of thioether (sulfide) groups is 1. The number of β-lactam (4-membered cyclic amide) rings is 1. The maximum atomic E-state index is 13.0. The van der Waals surface area contributed by atoms with Gasteiger partial charge in [0.15, 0.2) is 10.8 Å². The number of likely N-dealkylation sites (N-methyl/N-ethyl adjacent to an activating group) is 1. The van der Waals surface area contributed by atoms with Crippen LogP contribution in [0.4, 0.5) is 9.93 Å².